The standard InChI is InChI=1S/C13H9.C13H10.C9H13.2ClH.Zr/c1-3-7-12-10(5-1)9-11-6-2-4-8-13(11)12;1-3-7-12(8-4-1)11-13-9-5-2-6-10-13;1-3-8(2)9-6-4-5-7-9;;;/h1-9H;1-10H;6-8H,3-4H2,1-2H3;2*1H;/q-1;;-1;;;+2/p-2. The molecule has 1 aliphatic rings. The largest absolute Gasteiger partial charge is 0.126 e. The molecule has 5 aromatic carbocycles. The molecule has 5 aromatic rings. The van der Waals surface area contributed by atoms with Gasteiger partial charge in [0.2, 0.25) is 0 Å². The quantitative estimate of drug-likeness (QED) is 0.273. The Morgan fingerprint density at radius 1 is 0.737 bits per heavy atom. The first-order valence-electron chi connectivity index (χ1n) is 12.7. The Balaban J connectivity index is 0.000000200. The van der Waals surface area contributed by atoms with Crippen LogP contribution in [0.3, 0.4) is 0 Å². The van der Waals surface area contributed by atoms with E-state index < -0.39 is 0 Å². The summed E-state index contributed by atoms with van der Waals surface area (Å²) in [5.74, 6) is 0.736. The van der Waals surface area contributed by atoms with Crippen molar-refractivity contribution in [2.24, 2.45) is 5.92 Å². The van der Waals surface area contributed by atoms with Crippen molar-refractivity contribution in [3.8, 4) is 0 Å². The van der Waals surface area contributed by atoms with Crippen LogP contribution in [0.15, 0.2) is 133 Å². The molecule has 192 valence electrons. The van der Waals surface area contributed by atoms with Crippen molar-refractivity contribution in [2.75, 3.05) is 0 Å². The molecule has 0 aliphatic heterocycles. The van der Waals surface area contributed by atoms with Gasteiger partial charge >= 0.3 is 99.2 Å². The van der Waals surface area contributed by atoms with Crippen LogP contribution in [0.4, 0.5) is 0 Å². The molecular weight excluding hydrogens is 583 g/mol. The van der Waals surface area contributed by atoms with Crippen LogP contribution in [-0.4, -0.2) is 3.21 Å². The number of hydrogen-bond acceptors (Lipinski definition) is 0. The third-order valence-corrected chi connectivity index (χ3v) is 7.97. The minimum absolute atomic E-state index is 0. The van der Waals surface area contributed by atoms with E-state index >= 15 is 0 Å². The maximum absolute atomic E-state index is 3.17. The van der Waals surface area contributed by atoms with E-state index in [-0.39, 0.29) is 24.8 Å². The second-order valence-corrected chi connectivity index (χ2v) is 10.2. The van der Waals surface area contributed by atoms with E-state index in [9.17, 15) is 0 Å². The maximum Gasteiger partial charge on any atom is -0.0771 e. The normalized spacial score (nSPS) is 12.2. The Hall–Kier alpha value is -2.44. The zero-order valence-electron chi connectivity index (χ0n) is 21.9. The van der Waals surface area contributed by atoms with Gasteiger partial charge < -0.3 is 24.8 Å². The minimum Gasteiger partial charge on any atom is -0.126 e. The average Bonchev–Trinajstić information content (AvgIpc) is 3.62. The Morgan fingerprint density at radius 3 is 1.61 bits per heavy atom. The molecule has 38 heavy (non-hydrogen) atoms. The Labute approximate surface area is 255 Å². The van der Waals surface area contributed by atoms with Gasteiger partial charge in [-0.2, -0.15) is 11.6 Å². The number of rotatable bonds is 4. The first kappa shape index (κ1) is 31.8. The molecule has 0 bridgehead atoms. The van der Waals surface area contributed by atoms with Gasteiger partial charge in [-0.15, -0.1) is 46.2 Å². The van der Waals surface area contributed by atoms with Crippen LogP contribution in [0.2, 0.25) is 0 Å². The van der Waals surface area contributed by atoms with Gasteiger partial charge in [-0.3, -0.25) is 6.08 Å². The molecule has 0 nitrogen and oxygen atoms in total. The zero-order chi connectivity index (χ0) is 25.2. The summed E-state index contributed by atoms with van der Waals surface area (Å²) < 4.78 is 1.42. The van der Waals surface area contributed by atoms with Crippen LogP contribution < -0.4 is 24.8 Å². The zero-order valence-corrected chi connectivity index (χ0v) is 25.8. The fraction of sp³-hybridized carbons (Fsp3) is 0.143. The summed E-state index contributed by atoms with van der Waals surface area (Å²) in [5.41, 5.74) is 4.13. The van der Waals surface area contributed by atoms with E-state index in [0.717, 1.165) is 12.3 Å². The Bertz CT molecular complexity index is 1370. The molecule has 0 aromatic heterocycles. The summed E-state index contributed by atoms with van der Waals surface area (Å²) in [6.45, 7) is 4.48. The Kier molecular flexibility index (Phi) is 13.8. The molecule has 1 aliphatic carbocycles. The van der Waals surface area contributed by atoms with Gasteiger partial charge in [0.1, 0.15) is 0 Å². The summed E-state index contributed by atoms with van der Waals surface area (Å²) in [6.07, 6.45) is 9.81. The molecule has 6 rings (SSSR count). The van der Waals surface area contributed by atoms with Crippen molar-refractivity contribution in [1.82, 2.24) is 0 Å². The number of halogens is 2. The van der Waals surface area contributed by atoms with E-state index in [1.165, 1.54) is 72.1 Å². The maximum atomic E-state index is 3.17. The SMILES string of the molecule is CCC(C)C1=CC[C-]=C1.[Cl-].[Cl-].[Zr+2]=[C](c1ccccc1)c1ccccc1.c1ccc2c(c1)[cH-]c1ccccc12. The molecule has 0 radical (unpaired) electrons. The molecule has 1 atom stereocenters. The van der Waals surface area contributed by atoms with Crippen molar-refractivity contribution in [2.45, 2.75) is 26.7 Å². The van der Waals surface area contributed by atoms with E-state index in [2.05, 4.69) is 147 Å². The van der Waals surface area contributed by atoms with E-state index in [4.69, 9.17) is 0 Å². The molecule has 1 unspecified atom stereocenters. The number of hydrogen-bond donors (Lipinski definition) is 0. The van der Waals surface area contributed by atoms with Crippen LogP contribution in [0.1, 0.15) is 37.8 Å². The average molecular weight is 615 g/mol. The van der Waals surface area contributed by atoms with Crippen molar-refractivity contribution in [3.05, 3.63) is 150 Å². The van der Waals surface area contributed by atoms with Crippen molar-refractivity contribution in [1.29, 1.82) is 0 Å². The molecule has 3 heteroatoms. The second kappa shape index (κ2) is 16.5. The van der Waals surface area contributed by atoms with Gasteiger partial charge in [0, 0.05) is 0 Å². The molecule has 0 fully saturated rings. The summed E-state index contributed by atoms with van der Waals surface area (Å²) in [6, 6.07) is 40.4. The van der Waals surface area contributed by atoms with Gasteiger partial charge in [-0.05, 0) is 0 Å². The Morgan fingerprint density at radius 2 is 1.18 bits per heavy atom. The van der Waals surface area contributed by atoms with Crippen LogP contribution in [0, 0.1) is 12.0 Å². The summed E-state index contributed by atoms with van der Waals surface area (Å²) in [5, 5.41) is 5.39. The summed E-state index contributed by atoms with van der Waals surface area (Å²) >= 11 is 1.46. The predicted octanol–water partition coefficient (Wildman–Crippen LogP) is 3.24. The molecule has 0 N–H and O–H groups in total. The fourth-order valence-electron chi connectivity index (χ4n) is 4.27. The van der Waals surface area contributed by atoms with Gasteiger partial charge in [-0.25, -0.2) is 6.08 Å². The molecule has 0 saturated heterocycles. The fourth-order valence-corrected chi connectivity index (χ4v) is 5.09. The molecular formula is C35H32Cl2Zr-2. The smallest absolute Gasteiger partial charge is 0.0771 e. The topological polar surface area (TPSA) is 0 Å². The van der Waals surface area contributed by atoms with Crippen LogP contribution in [0.5, 0.6) is 0 Å². The van der Waals surface area contributed by atoms with Crippen molar-refractivity contribution in [3.63, 3.8) is 0 Å². The van der Waals surface area contributed by atoms with Crippen molar-refractivity contribution < 1.29 is 49.0 Å². The first-order valence-corrected chi connectivity index (χ1v) is 13.9. The number of benzene rings is 4. The monoisotopic (exact) mass is 612 g/mol. The van der Waals surface area contributed by atoms with Crippen molar-refractivity contribution >= 4 is 24.8 Å². The van der Waals surface area contributed by atoms with E-state index in [0.29, 0.717) is 0 Å². The predicted molar refractivity (Wildman–Crippen MR) is 153 cm³/mol. The van der Waals surface area contributed by atoms with Crippen LogP contribution >= 0.6 is 0 Å². The van der Waals surface area contributed by atoms with Crippen LogP contribution in [-0.2, 0) is 24.2 Å². The number of fused-ring (bicyclic) bond motifs is 3. The molecule has 0 saturated carbocycles. The number of allylic oxidation sites excluding steroid dienone is 4. The van der Waals surface area contributed by atoms with Crippen LogP contribution in [0.25, 0.3) is 21.5 Å². The molecule has 0 amide bonds. The van der Waals surface area contributed by atoms with E-state index in [1.54, 1.807) is 0 Å². The van der Waals surface area contributed by atoms with Gasteiger partial charge in [-0.1, -0.05) is 62.6 Å². The molecule has 0 spiro atoms. The molecule has 0 heterocycles. The second-order valence-electron chi connectivity index (χ2n) is 8.99. The first-order chi connectivity index (χ1) is 17.7. The van der Waals surface area contributed by atoms with Gasteiger partial charge in [0.25, 0.3) is 0 Å². The van der Waals surface area contributed by atoms with Gasteiger partial charge in [0.15, 0.2) is 0 Å². The minimum atomic E-state index is 0. The van der Waals surface area contributed by atoms with E-state index in [1.807, 2.05) is 0 Å². The third kappa shape index (κ3) is 8.54. The van der Waals surface area contributed by atoms with Gasteiger partial charge in [0.05, 0.1) is 0 Å². The third-order valence-electron chi connectivity index (χ3n) is 6.55. The summed E-state index contributed by atoms with van der Waals surface area (Å²) in [7, 11) is 0. The summed E-state index contributed by atoms with van der Waals surface area (Å²) in [4.78, 5) is 0.